The van der Waals surface area contributed by atoms with Crippen molar-refractivity contribution in [3.05, 3.63) is 42.0 Å². The van der Waals surface area contributed by atoms with Crippen LogP contribution < -0.4 is 4.90 Å². The first-order valence-corrected chi connectivity index (χ1v) is 7.97. The Balaban J connectivity index is 1.55. The van der Waals surface area contributed by atoms with E-state index in [2.05, 4.69) is 41.3 Å². The molecular weight excluding hydrogens is 254 g/mol. The molecule has 0 spiro atoms. The van der Waals surface area contributed by atoms with Crippen LogP contribution in [0.5, 0.6) is 0 Å². The number of allylic oxidation sites excluding steroid dienone is 2. The van der Waals surface area contributed by atoms with E-state index in [0.29, 0.717) is 5.88 Å². The first-order chi connectivity index (χ1) is 9.35. The minimum Gasteiger partial charge on any atom is -0.371 e. The fourth-order valence-corrected chi connectivity index (χ4v) is 4.52. The summed E-state index contributed by atoms with van der Waals surface area (Å²) in [5, 5.41) is 0. The van der Waals surface area contributed by atoms with E-state index < -0.39 is 0 Å². The first kappa shape index (κ1) is 11.8. The molecule has 1 saturated heterocycles. The van der Waals surface area contributed by atoms with Gasteiger partial charge in [0.1, 0.15) is 0 Å². The van der Waals surface area contributed by atoms with Gasteiger partial charge in [-0.15, -0.1) is 11.6 Å². The number of hydrogen-bond acceptors (Lipinski definition) is 1. The second-order valence-electron chi connectivity index (χ2n) is 6.32. The summed E-state index contributed by atoms with van der Waals surface area (Å²) in [6.45, 7) is 2.49. The van der Waals surface area contributed by atoms with Gasteiger partial charge in [0.25, 0.3) is 0 Å². The molecule has 2 bridgehead atoms. The van der Waals surface area contributed by atoms with Gasteiger partial charge in [-0.1, -0.05) is 24.3 Å². The third kappa shape index (κ3) is 1.90. The van der Waals surface area contributed by atoms with E-state index in [1.165, 1.54) is 37.2 Å². The molecule has 0 amide bonds. The predicted molar refractivity (Wildman–Crippen MR) is 80.5 cm³/mol. The predicted octanol–water partition coefficient (Wildman–Crippen LogP) is 4.07. The molecule has 1 saturated carbocycles. The molecule has 5 rings (SSSR count). The van der Waals surface area contributed by atoms with Gasteiger partial charge in [0.05, 0.1) is 0 Å². The fourth-order valence-electron chi connectivity index (χ4n) is 4.34. The Labute approximate surface area is 120 Å². The molecule has 1 heterocycles. The van der Waals surface area contributed by atoms with Gasteiger partial charge >= 0.3 is 0 Å². The van der Waals surface area contributed by atoms with E-state index >= 15 is 0 Å². The molecular formula is C17H20ClN. The maximum absolute atomic E-state index is 5.86. The number of benzene rings is 1. The largest absolute Gasteiger partial charge is 0.371 e. The zero-order valence-corrected chi connectivity index (χ0v) is 11.9. The van der Waals surface area contributed by atoms with Gasteiger partial charge < -0.3 is 4.90 Å². The standard InChI is InChI=1S/C17H20ClN/c18-9-12-1-7-15(8-2-12)19-10-16-13-3-4-14(6-5-13)17(16)11-19/h1-4,7-8,13-14,16-17H,5-6,9-11H2. The van der Waals surface area contributed by atoms with Crippen molar-refractivity contribution in [3.63, 3.8) is 0 Å². The Kier molecular flexibility index (Phi) is 2.84. The lowest BCUT2D eigenvalue weighted by atomic mass is 9.64. The lowest BCUT2D eigenvalue weighted by Gasteiger charge is -2.40. The summed E-state index contributed by atoms with van der Waals surface area (Å²) >= 11 is 5.86. The molecule has 0 N–H and O–H groups in total. The van der Waals surface area contributed by atoms with Crippen LogP contribution in [0.4, 0.5) is 5.69 Å². The molecule has 0 aromatic heterocycles. The van der Waals surface area contributed by atoms with Crippen molar-refractivity contribution >= 4 is 17.3 Å². The number of halogens is 1. The Hall–Kier alpha value is -0.950. The maximum atomic E-state index is 5.86. The van der Waals surface area contributed by atoms with Crippen LogP contribution in [-0.2, 0) is 5.88 Å². The number of fused-ring (bicyclic) bond motifs is 1. The van der Waals surface area contributed by atoms with Gasteiger partial charge in [-0.2, -0.15) is 0 Å². The van der Waals surface area contributed by atoms with Crippen LogP contribution in [0, 0.1) is 23.7 Å². The summed E-state index contributed by atoms with van der Waals surface area (Å²) in [5.41, 5.74) is 2.59. The highest BCUT2D eigenvalue weighted by Crippen LogP contribution is 2.49. The summed E-state index contributed by atoms with van der Waals surface area (Å²) in [5.74, 6) is 4.11. The normalized spacial score (nSPS) is 35.7. The van der Waals surface area contributed by atoms with Crippen LogP contribution in [0.25, 0.3) is 0 Å². The van der Waals surface area contributed by atoms with Gasteiger partial charge in [-0.3, -0.25) is 0 Å². The van der Waals surface area contributed by atoms with Gasteiger partial charge in [0.2, 0.25) is 0 Å². The highest BCUT2D eigenvalue weighted by molar-refractivity contribution is 6.17. The lowest BCUT2D eigenvalue weighted by Crippen LogP contribution is -2.35. The van der Waals surface area contributed by atoms with Crippen molar-refractivity contribution in [2.75, 3.05) is 18.0 Å². The lowest BCUT2D eigenvalue weighted by molar-refractivity contribution is 0.169. The quantitative estimate of drug-likeness (QED) is 0.580. The molecule has 100 valence electrons. The summed E-state index contributed by atoms with van der Waals surface area (Å²) in [4.78, 5) is 2.59. The van der Waals surface area contributed by atoms with Crippen LogP contribution in [0.1, 0.15) is 18.4 Å². The molecule has 0 radical (unpaired) electrons. The SMILES string of the molecule is ClCc1ccc(N2CC3C4C=CC(CC4)C3C2)cc1. The molecule has 4 unspecified atom stereocenters. The Morgan fingerprint density at radius 3 is 2.00 bits per heavy atom. The highest BCUT2D eigenvalue weighted by Gasteiger charge is 2.45. The van der Waals surface area contributed by atoms with Crippen LogP contribution in [0.3, 0.4) is 0 Å². The summed E-state index contributed by atoms with van der Waals surface area (Å²) in [6.07, 6.45) is 7.83. The molecule has 2 fully saturated rings. The molecule has 2 heteroatoms. The second kappa shape index (κ2) is 4.56. The monoisotopic (exact) mass is 273 g/mol. The van der Waals surface area contributed by atoms with Gasteiger partial charge in [-0.05, 0) is 54.2 Å². The summed E-state index contributed by atoms with van der Waals surface area (Å²) in [7, 11) is 0. The Morgan fingerprint density at radius 2 is 1.53 bits per heavy atom. The van der Waals surface area contributed by atoms with Crippen LogP contribution >= 0.6 is 11.6 Å². The second-order valence-corrected chi connectivity index (χ2v) is 6.59. The zero-order valence-electron chi connectivity index (χ0n) is 11.1. The van der Waals surface area contributed by atoms with E-state index in [1.807, 2.05) is 0 Å². The van der Waals surface area contributed by atoms with Crippen molar-refractivity contribution < 1.29 is 0 Å². The van der Waals surface area contributed by atoms with E-state index in [4.69, 9.17) is 11.6 Å². The smallest absolute Gasteiger partial charge is 0.0474 e. The minimum atomic E-state index is 0.611. The Bertz CT molecular complexity index is 470. The number of nitrogens with zero attached hydrogens (tertiary/aromatic N) is 1. The molecule has 19 heavy (non-hydrogen) atoms. The molecule has 1 aromatic carbocycles. The number of alkyl halides is 1. The Morgan fingerprint density at radius 1 is 0.947 bits per heavy atom. The zero-order chi connectivity index (χ0) is 12.8. The third-order valence-corrected chi connectivity index (χ3v) is 5.72. The van der Waals surface area contributed by atoms with Gasteiger partial charge in [-0.25, -0.2) is 0 Å². The van der Waals surface area contributed by atoms with Crippen molar-refractivity contribution in [1.82, 2.24) is 0 Å². The fraction of sp³-hybridized carbons (Fsp3) is 0.529. The highest BCUT2D eigenvalue weighted by atomic mass is 35.5. The molecule has 1 nitrogen and oxygen atoms in total. The number of anilines is 1. The first-order valence-electron chi connectivity index (χ1n) is 7.43. The molecule has 1 aromatic rings. The van der Waals surface area contributed by atoms with E-state index in [-0.39, 0.29) is 0 Å². The van der Waals surface area contributed by atoms with Gasteiger partial charge in [0, 0.05) is 24.7 Å². The molecule has 3 aliphatic carbocycles. The van der Waals surface area contributed by atoms with Crippen molar-refractivity contribution in [3.8, 4) is 0 Å². The van der Waals surface area contributed by atoms with E-state index in [0.717, 1.165) is 23.7 Å². The van der Waals surface area contributed by atoms with E-state index in [9.17, 15) is 0 Å². The maximum Gasteiger partial charge on any atom is 0.0474 e. The summed E-state index contributed by atoms with van der Waals surface area (Å²) in [6, 6.07) is 8.81. The van der Waals surface area contributed by atoms with Crippen molar-refractivity contribution in [2.45, 2.75) is 18.7 Å². The van der Waals surface area contributed by atoms with Crippen LogP contribution in [0.2, 0.25) is 0 Å². The molecule has 4 atom stereocenters. The van der Waals surface area contributed by atoms with Crippen LogP contribution in [0.15, 0.2) is 36.4 Å². The molecule has 4 aliphatic rings. The number of hydrogen-bond donors (Lipinski definition) is 0. The van der Waals surface area contributed by atoms with Gasteiger partial charge in [0.15, 0.2) is 0 Å². The minimum absolute atomic E-state index is 0.611. The number of rotatable bonds is 2. The van der Waals surface area contributed by atoms with Crippen molar-refractivity contribution in [2.24, 2.45) is 23.7 Å². The average Bonchev–Trinajstić information content (AvgIpc) is 2.96. The third-order valence-electron chi connectivity index (χ3n) is 5.41. The summed E-state index contributed by atoms with van der Waals surface area (Å²) < 4.78 is 0. The average molecular weight is 274 g/mol. The van der Waals surface area contributed by atoms with Crippen LogP contribution in [-0.4, -0.2) is 13.1 Å². The topological polar surface area (TPSA) is 3.24 Å². The van der Waals surface area contributed by atoms with Crippen molar-refractivity contribution in [1.29, 1.82) is 0 Å². The molecule has 1 aliphatic heterocycles. The van der Waals surface area contributed by atoms with E-state index in [1.54, 1.807) is 0 Å².